The highest BCUT2D eigenvalue weighted by Gasteiger charge is 2.31. The molecule has 1 aliphatic heterocycles. The molecule has 0 saturated heterocycles. The van der Waals surface area contributed by atoms with Gasteiger partial charge < -0.3 is 14.1 Å². The monoisotopic (exact) mass is 504 g/mol. The number of nitrogens with zero attached hydrogens (tertiary/aromatic N) is 1. The van der Waals surface area contributed by atoms with E-state index >= 15 is 0 Å². The van der Waals surface area contributed by atoms with Crippen molar-refractivity contribution in [2.24, 2.45) is 0 Å². The minimum Gasteiger partial charge on any atom is -0.465 e. The molecule has 0 amide bonds. The van der Waals surface area contributed by atoms with Gasteiger partial charge in [-0.25, -0.2) is 9.36 Å². The maximum Gasteiger partial charge on any atom is 0.472 e. The number of esters is 1. The lowest BCUT2D eigenvalue weighted by Gasteiger charge is -2.37. The number of phosphoric acid groups is 1. The normalized spacial score (nSPS) is 20.1. The molecule has 0 spiro atoms. The van der Waals surface area contributed by atoms with E-state index in [4.69, 9.17) is 13.8 Å². The fourth-order valence-electron chi connectivity index (χ4n) is 4.47. The Kier molecular flexibility index (Phi) is 17.1. The zero-order valence-corrected chi connectivity index (χ0v) is 23.0. The summed E-state index contributed by atoms with van der Waals surface area (Å²) in [6.45, 7) is 4.52. The number of hydrogen-bond acceptors (Lipinski definition) is 5. The molecule has 1 aliphatic rings. The summed E-state index contributed by atoms with van der Waals surface area (Å²) in [5.41, 5.74) is 0.650. The molecule has 200 valence electrons. The lowest BCUT2D eigenvalue weighted by Crippen LogP contribution is -2.50. The van der Waals surface area contributed by atoms with Crippen LogP contribution >= 0.6 is 7.82 Å². The molecule has 0 radical (unpaired) electrons. The van der Waals surface area contributed by atoms with Gasteiger partial charge in [0.05, 0.1) is 32.9 Å². The number of quaternary nitrogens is 1. The number of methoxy groups -OCH3 is 1. The van der Waals surface area contributed by atoms with Gasteiger partial charge in [-0.1, -0.05) is 96.5 Å². The number of ether oxygens (including phenoxy) is 1. The van der Waals surface area contributed by atoms with Crippen LogP contribution in [0.25, 0.3) is 0 Å². The number of rotatable bonds is 21. The summed E-state index contributed by atoms with van der Waals surface area (Å²) in [5.74, 6) is -0.311. The average Bonchev–Trinajstić information content (AvgIpc) is 2.80. The van der Waals surface area contributed by atoms with Gasteiger partial charge in [0.2, 0.25) is 0 Å². The topological polar surface area (TPSA) is 82.1 Å². The van der Waals surface area contributed by atoms with Crippen LogP contribution in [-0.2, 0) is 23.1 Å². The van der Waals surface area contributed by atoms with Crippen molar-refractivity contribution in [1.82, 2.24) is 0 Å². The second-order valence-electron chi connectivity index (χ2n) is 9.97. The third-order valence-electron chi connectivity index (χ3n) is 6.70. The van der Waals surface area contributed by atoms with E-state index in [1.54, 1.807) is 0 Å². The Balaban J connectivity index is 1.99. The molecule has 34 heavy (non-hydrogen) atoms. The van der Waals surface area contributed by atoms with Crippen LogP contribution in [0.5, 0.6) is 0 Å². The van der Waals surface area contributed by atoms with Gasteiger partial charge in [-0.05, 0) is 6.42 Å². The van der Waals surface area contributed by atoms with E-state index in [1.807, 2.05) is 13.1 Å². The molecule has 7 nitrogen and oxygen atoms in total. The van der Waals surface area contributed by atoms with Crippen LogP contribution in [0.1, 0.15) is 103 Å². The third-order valence-corrected chi connectivity index (χ3v) is 7.71. The first kappa shape index (κ1) is 31.3. The van der Waals surface area contributed by atoms with Gasteiger partial charge in [0.1, 0.15) is 19.7 Å². The Labute approximate surface area is 208 Å². The lowest BCUT2D eigenvalue weighted by atomic mass is 10.0. The zero-order valence-electron chi connectivity index (χ0n) is 22.1. The molecule has 2 unspecified atom stereocenters. The van der Waals surface area contributed by atoms with E-state index in [-0.39, 0.29) is 19.2 Å². The summed E-state index contributed by atoms with van der Waals surface area (Å²) >= 11 is 0. The van der Waals surface area contributed by atoms with Gasteiger partial charge in [0.25, 0.3) is 0 Å². The van der Waals surface area contributed by atoms with Gasteiger partial charge in [-0.3, -0.25) is 9.05 Å². The Morgan fingerprint density at radius 3 is 1.94 bits per heavy atom. The minimum atomic E-state index is -4.03. The summed E-state index contributed by atoms with van der Waals surface area (Å²) in [4.78, 5) is 21.7. The van der Waals surface area contributed by atoms with E-state index in [0.29, 0.717) is 23.1 Å². The fraction of sp³-hybridized carbons (Fsp3) is 0.885. The van der Waals surface area contributed by atoms with Crippen molar-refractivity contribution in [1.29, 1.82) is 0 Å². The second kappa shape index (κ2) is 18.5. The van der Waals surface area contributed by atoms with Crippen LogP contribution < -0.4 is 0 Å². The number of likely N-dealkylation sites (N-methyl/N-ethyl adjacent to an activating group) is 1. The predicted octanol–water partition coefficient (Wildman–Crippen LogP) is 6.55. The Morgan fingerprint density at radius 1 is 0.912 bits per heavy atom. The first-order chi connectivity index (χ1) is 16.3. The Morgan fingerprint density at radius 2 is 1.41 bits per heavy atom. The van der Waals surface area contributed by atoms with Gasteiger partial charge in [-0.2, -0.15) is 0 Å². The van der Waals surface area contributed by atoms with E-state index < -0.39 is 7.82 Å². The number of unbranched alkanes of at least 4 members (excludes halogenated alkanes) is 13. The highest BCUT2D eigenvalue weighted by atomic mass is 31.2. The van der Waals surface area contributed by atoms with E-state index in [9.17, 15) is 14.3 Å². The first-order valence-electron chi connectivity index (χ1n) is 13.5. The molecular weight excluding hydrogens is 453 g/mol. The summed E-state index contributed by atoms with van der Waals surface area (Å²) in [7, 11) is -0.644. The molecule has 0 fully saturated rings. The molecule has 1 heterocycles. The van der Waals surface area contributed by atoms with Crippen LogP contribution in [-0.4, -0.2) is 62.4 Å². The summed E-state index contributed by atoms with van der Waals surface area (Å²) in [6.07, 6.45) is 20.4. The largest absolute Gasteiger partial charge is 0.472 e. The van der Waals surface area contributed by atoms with Crippen LogP contribution in [0.15, 0.2) is 11.6 Å². The molecule has 2 atom stereocenters. The zero-order chi connectivity index (χ0) is 25.1. The molecule has 0 aromatic carbocycles. The molecule has 0 aromatic heterocycles. The highest BCUT2D eigenvalue weighted by Crippen LogP contribution is 2.43. The summed E-state index contributed by atoms with van der Waals surface area (Å²) < 4.78 is 27.8. The molecule has 0 aromatic rings. The predicted molar refractivity (Wildman–Crippen MR) is 138 cm³/mol. The average molecular weight is 505 g/mol. The van der Waals surface area contributed by atoms with Crippen molar-refractivity contribution in [3.05, 3.63) is 11.6 Å². The Hall–Kier alpha value is -0.720. The summed E-state index contributed by atoms with van der Waals surface area (Å²) in [5, 5.41) is 0. The van der Waals surface area contributed by atoms with Crippen molar-refractivity contribution in [2.75, 3.05) is 47.0 Å². The Bertz CT molecular complexity index is 626. The van der Waals surface area contributed by atoms with E-state index in [0.717, 1.165) is 32.2 Å². The molecule has 1 rings (SSSR count). The van der Waals surface area contributed by atoms with Crippen molar-refractivity contribution in [2.45, 2.75) is 103 Å². The first-order valence-corrected chi connectivity index (χ1v) is 15.0. The molecule has 0 bridgehead atoms. The van der Waals surface area contributed by atoms with E-state index in [2.05, 4.69) is 6.92 Å². The molecule has 8 heteroatoms. The molecule has 0 saturated carbocycles. The van der Waals surface area contributed by atoms with Crippen LogP contribution in [0.4, 0.5) is 0 Å². The fourth-order valence-corrected chi connectivity index (χ4v) is 5.21. The minimum absolute atomic E-state index is 0.109. The number of phosphoric ester groups is 1. The maximum atomic E-state index is 12.1. The standard InChI is InChI=1S/C26H50NO6P/c1-4-5-6-7-8-9-10-11-12-13-14-15-16-17-22-32-34(29,30)33-23-21-27(2)20-18-19-25(24-27)26(28)31-3/h19H,4-18,20-24H2,1-3H3/p+1. The maximum absolute atomic E-state index is 12.1. The summed E-state index contributed by atoms with van der Waals surface area (Å²) in [6, 6.07) is 0. The van der Waals surface area contributed by atoms with Gasteiger partial charge in [-0.15, -0.1) is 0 Å². The van der Waals surface area contributed by atoms with Crippen LogP contribution in [0, 0.1) is 0 Å². The van der Waals surface area contributed by atoms with E-state index in [1.165, 1.54) is 77.7 Å². The molecule has 0 aliphatic carbocycles. The third kappa shape index (κ3) is 15.3. The molecular formula is C26H51NO6P+. The SMILES string of the molecule is CCCCCCCCCCCCCCCCOP(=O)(O)OCC[N+]1(C)CCC=C(C(=O)OC)C1. The van der Waals surface area contributed by atoms with Gasteiger partial charge in [0, 0.05) is 6.42 Å². The van der Waals surface area contributed by atoms with Crippen LogP contribution in [0.2, 0.25) is 0 Å². The number of carbonyl (C=O) groups excluding carboxylic acids is 1. The highest BCUT2D eigenvalue weighted by molar-refractivity contribution is 7.47. The number of carbonyl (C=O) groups is 1. The van der Waals surface area contributed by atoms with Crippen LogP contribution in [0.3, 0.4) is 0 Å². The van der Waals surface area contributed by atoms with Crippen molar-refractivity contribution >= 4 is 13.8 Å². The van der Waals surface area contributed by atoms with Crippen molar-refractivity contribution in [3.63, 3.8) is 0 Å². The molecule has 1 N–H and O–H groups in total. The smallest absolute Gasteiger partial charge is 0.465 e. The lowest BCUT2D eigenvalue weighted by molar-refractivity contribution is -0.906. The second-order valence-corrected chi connectivity index (χ2v) is 11.4. The van der Waals surface area contributed by atoms with Crippen molar-refractivity contribution in [3.8, 4) is 0 Å². The van der Waals surface area contributed by atoms with Gasteiger partial charge in [0.15, 0.2) is 0 Å². The quantitative estimate of drug-likeness (QED) is 0.0826. The van der Waals surface area contributed by atoms with Crippen molar-refractivity contribution < 1.29 is 32.5 Å². The van der Waals surface area contributed by atoms with Gasteiger partial charge >= 0.3 is 13.8 Å². The number of hydrogen-bond donors (Lipinski definition) is 1.